The summed E-state index contributed by atoms with van der Waals surface area (Å²) in [6.07, 6.45) is 0.938. The third-order valence-electron chi connectivity index (χ3n) is 3.12. The lowest BCUT2D eigenvalue weighted by molar-refractivity contribution is 0.0958. The molecule has 106 valence electrons. The van der Waals surface area contributed by atoms with Gasteiger partial charge in [-0.2, -0.15) is 0 Å². The molecule has 2 rings (SSSR count). The number of amides is 1. The summed E-state index contributed by atoms with van der Waals surface area (Å²) in [6, 6.07) is 10.3. The van der Waals surface area contributed by atoms with E-state index in [1.54, 1.807) is 0 Å². The Bertz CT molecular complexity index is 560. The van der Waals surface area contributed by atoms with E-state index in [2.05, 4.69) is 41.8 Å². The van der Waals surface area contributed by atoms with Crippen molar-refractivity contribution in [1.82, 2.24) is 10.6 Å². The van der Waals surface area contributed by atoms with E-state index in [9.17, 15) is 4.79 Å². The van der Waals surface area contributed by atoms with Gasteiger partial charge in [-0.25, -0.2) is 0 Å². The van der Waals surface area contributed by atoms with E-state index in [1.165, 1.54) is 16.9 Å². The largest absolute Gasteiger partial charge is 0.351 e. The normalized spacial score (nSPS) is 10.5. The number of aryl methyl sites for hydroxylation is 1. The second-order valence-electron chi connectivity index (χ2n) is 4.74. The summed E-state index contributed by atoms with van der Waals surface area (Å²) in [5.41, 5.74) is 3.33. The molecule has 2 N–H and O–H groups in total. The number of benzene rings is 1. The molecular weight excluding hydrogens is 268 g/mol. The minimum atomic E-state index is 0.0201. The van der Waals surface area contributed by atoms with Gasteiger partial charge in [-0.3, -0.25) is 4.79 Å². The Balaban J connectivity index is 2.08. The fourth-order valence-corrected chi connectivity index (χ4v) is 2.83. The summed E-state index contributed by atoms with van der Waals surface area (Å²) < 4.78 is 0. The van der Waals surface area contributed by atoms with E-state index < -0.39 is 0 Å². The minimum Gasteiger partial charge on any atom is -0.351 e. The number of hydrogen-bond donors (Lipinski definition) is 2. The van der Waals surface area contributed by atoms with Gasteiger partial charge in [0, 0.05) is 12.1 Å². The zero-order valence-electron chi connectivity index (χ0n) is 11.9. The maximum atomic E-state index is 12.2. The number of hydrogen-bond acceptors (Lipinski definition) is 3. The van der Waals surface area contributed by atoms with E-state index >= 15 is 0 Å². The van der Waals surface area contributed by atoms with Gasteiger partial charge < -0.3 is 10.6 Å². The molecule has 0 saturated carbocycles. The number of thiophene rings is 1. The van der Waals surface area contributed by atoms with Crippen LogP contribution < -0.4 is 10.6 Å². The lowest BCUT2D eigenvalue weighted by Crippen LogP contribution is -2.26. The summed E-state index contributed by atoms with van der Waals surface area (Å²) in [5.74, 6) is 0.0201. The number of carbonyl (C=O) groups is 1. The van der Waals surface area contributed by atoms with Gasteiger partial charge >= 0.3 is 0 Å². The van der Waals surface area contributed by atoms with Crippen molar-refractivity contribution in [2.24, 2.45) is 0 Å². The standard InChI is InChI=1S/C16H20N2OS/c1-12-4-6-13(7-5-12)14-8-11-20-15(14)16(19)18-10-3-9-17-2/h4-8,11,17H,3,9-10H2,1-2H3,(H,18,19). The topological polar surface area (TPSA) is 41.1 Å². The molecule has 0 saturated heterocycles. The zero-order chi connectivity index (χ0) is 14.4. The second-order valence-corrected chi connectivity index (χ2v) is 5.66. The summed E-state index contributed by atoms with van der Waals surface area (Å²) >= 11 is 1.49. The first-order chi connectivity index (χ1) is 9.72. The van der Waals surface area contributed by atoms with Crippen LogP contribution in [0.25, 0.3) is 11.1 Å². The Labute approximate surface area is 124 Å². The predicted molar refractivity (Wildman–Crippen MR) is 85.4 cm³/mol. The molecule has 0 aliphatic heterocycles. The number of carbonyl (C=O) groups excluding carboxylic acids is 1. The van der Waals surface area contributed by atoms with Gasteiger partial charge in [-0.15, -0.1) is 11.3 Å². The fraction of sp³-hybridized carbons (Fsp3) is 0.312. The molecule has 3 nitrogen and oxygen atoms in total. The molecule has 0 unspecified atom stereocenters. The number of rotatable bonds is 6. The van der Waals surface area contributed by atoms with Gasteiger partial charge in [0.2, 0.25) is 0 Å². The molecule has 0 bridgehead atoms. The van der Waals surface area contributed by atoms with Gasteiger partial charge in [-0.05, 0) is 43.9 Å². The van der Waals surface area contributed by atoms with Crippen molar-refractivity contribution in [2.75, 3.05) is 20.1 Å². The van der Waals surface area contributed by atoms with Crippen molar-refractivity contribution < 1.29 is 4.79 Å². The third kappa shape index (κ3) is 3.68. The number of nitrogens with one attached hydrogen (secondary N) is 2. The minimum absolute atomic E-state index is 0.0201. The molecule has 0 aliphatic rings. The van der Waals surface area contributed by atoms with Crippen molar-refractivity contribution in [2.45, 2.75) is 13.3 Å². The maximum Gasteiger partial charge on any atom is 0.261 e. The van der Waals surface area contributed by atoms with E-state index in [1.807, 2.05) is 18.5 Å². The molecule has 0 fully saturated rings. The van der Waals surface area contributed by atoms with Gasteiger partial charge in [0.25, 0.3) is 5.91 Å². The molecule has 4 heteroatoms. The third-order valence-corrected chi connectivity index (χ3v) is 4.04. The lowest BCUT2D eigenvalue weighted by Gasteiger charge is -2.06. The van der Waals surface area contributed by atoms with E-state index in [0.29, 0.717) is 6.54 Å². The monoisotopic (exact) mass is 288 g/mol. The Kier molecular flexibility index (Phi) is 5.32. The highest BCUT2D eigenvalue weighted by Crippen LogP contribution is 2.28. The quantitative estimate of drug-likeness (QED) is 0.802. The SMILES string of the molecule is CNCCCNC(=O)c1sccc1-c1ccc(C)cc1. The summed E-state index contributed by atoms with van der Waals surface area (Å²) in [4.78, 5) is 13.0. The first-order valence-electron chi connectivity index (χ1n) is 6.79. The molecule has 0 atom stereocenters. The fourth-order valence-electron chi connectivity index (χ4n) is 1.99. The van der Waals surface area contributed by atoms with Crippen molar-refractivity contribution in [1.29, 1.82) is 0 Å². The second kappa shape index (κ2) is 7.22. The molecule has 1 aromatic heterocycles. The Morgan fingerprint density at radius 2 is 1.90 bits per heavy atom. The van der Waals surface area contributed by atoms with Crippen LogP contribution >= 0.6 is 11.3 Å². The Hall–Kier alpha value is -1.65. The van der Waals surface area contributed by atoms with Crippen LogP contribution in [-0.2, 0) is 0 Å². The zero-order valence-corrected chi connectivity index (χ0v) is 12.7. The Morgan fingerprint density at radius 1 is 1.15 bits per heavy atom. The van der Waals surface area contributed by atoms with Crippen molar-refractivity contribution in [3.05, 3.63) is 46.2 Å². The molecule has 1 aromatic carbocycles. The van der Waals surface area contributed by atoms with Crippen LogP contribution in [0.4, 0.5) is 0 Å². The van der Waals surface area contributed by atoms with Crippen LogP contribution in [0.3, 0.4) is 0 Å². The van der Waals surface area contributed by atoms with E-state index in [-0.39, 0.29) is 5.91 Å². The van der Waals surface area contributed by atoms with Gasteiger partial charge in [0.15, 0.2) is 0 Å². The van der Waals surface area contributed by atoms with Crippen molar-refractivity contribution in [3.63, 3.8) is 0 Å². The van der Waals surface area contributed by atoms with Crippen molar-refractivity contribution in [3.8, 4) is 11.1 Å². The molecule has 0 spiro atoms. The van der Waals surface area contributed by atoms with Crippen LogP contribution in [0, 0.1) is 6.92 Å². The molecule has 20 heavy (non-hydrogen) atoms. The molecule has 1 amide bonds. The van der Waals surface area contributed by atoms with Crippen LogP contribution in [0.15, 0.2) is 35.7 Å². The van der Waals surface area contributed by atoms with Crippen LogP contribution in [0.5, 0.6) is 0 Å². The van der Waals surface area contributed by atoms with Gasteiger partial charge in [0.05, 0.1) is 4.88 Å². The lowest BCUT2D eigenvalue weighted by atomic mass is 10.0. The summed E-state index contributed by atoms with van der Waals surface area (Å²) in [5, 5.41) is 8.01. The van der Waals surface area contributed by atoms with Crippen LogP contribution in [0.1, 0.15) is 21.7 Å². The molecular formula is C16H20N2OS. The highest BCUT2D eigenvalue weighted by Gasteiger charge is 2.13. The molecule has 0 aliphatic carbocycles. The smallest absolute Gasteiger partial charge is 0.261 e. The maximum absolute atomic E-state index is 12.2. The van der Waals surface area contributed by atoms with Gasteiger partial charge in [-0.1, -0.05) is 29.8 Å². The van der Waals surface area contributed by atoms with Crippen LogP contribution in [0.2, 0.25) is 0 Å². The van der Waals surface area contributed by atoms with E-state index in [4.69, 9.17) is 0 Å². The van der Waals surface area contributed by atoms with Gasteiger partial charge in [0.1, 0.15) is 0 Å². The van der Waals surface area contributed by atoms with E-state index in [0.717, 1.165) is 29.0 Å². The first-order valence-corrected chi connectivity index (χ1v) is 7.67. The highest BCUT2D eigenvalue weighted by atomic mass is 32.1. The molecule has 0 radical (unpaired) electrons. The summed E-state index contributed by atoms with van der Waals surface area (Å²) in [7, 11) is 1.91. The highest BCUT2D eigenvalue weighted by molar-refractivity contribution is 7.12. The predicted octanol–water partition coefficient (Wildman–Crippen LogP) is 3.06. The average molecular weight is 288 g/mol. The van der Waals surface area contributed by atoms with Crippen molar-refractivity contribution >= 4 is 17.2 Å². The first kappa shape index (κ1) is 14.8. The Morgan fingerprint density at radius 3 is 2.60 bits per heavy atom. The van der Waals surface area contributed by atoms with Crippen LogP contribution in [-0.4, -0.2) is 26.0 Å². The summed E-state index contributed by atoms with van der Waals surface area (Å²) in [6.45, 7) is 3.67. The molecule has 1 heterocycles. The average Bonchev–Trinajstić information content (AvgIpc) is 2.93. The molecule has 2 aromatic rings.